The molecule has 7 aromatic carbocycles. The Morgan fingerprint density at radius 3 is 2.14 bits per heavy atom. The lowest BCUT2D eigenvalue weighted by atomic mass is 9.33. The van der Waals surface area contributed by atoms with E-state index in [-0.39, 0.29) is 34.0 Å². The molecule has 4 heteroatoms. The van der Waals surface area contributed by atoms with Gasteiger partial charge in [-0.1, -0.05) is 157 Å². The maximum atomic E-state index is 2.91. The number of rotatable bonds is 2. The van der Waals surface area contributed by atoms with Crippen molar-refractivity contribution in [3.05, 3.63) is 167 Å². The third kappa shape index (κ3) is 4.24. The molecule has 314 valence electrons. The first-order valence-electron chi connectivity index (χ1n) is 24.1. The highest BCUT2D eigenvalue weighted by atomic mass is 15.3. The highest BCUT2D eigenvalue weighted by molar-refractivity contribution is 7.00. The monoisotopic (exact) mass is 829 g/mol. The third-order valence-corrected chi connectivity index (χ3v) is 18.5. The maximum absolute atomic E-state index is 2.91. The highest BCUT2D eigenvalue weighted by Crippen LogP contribution is 2.66. The molecule has 1 aromatic heterocycles. The molecular formula is C60H56BN3. The summed E-state index contributed by atoms with van der Waals surface area (Å²) in [5, 5.41) is 2.68. The summed E-state index contributed by atoms with van der Waals surface area (Å²) in [6, 6.07) is 54.9. The topological polar surface area (TPSA) is 11.4 Å². The van der Waals surface area contributed by atoms with Gasteiger partial charge in [-0.15, -0.1) is 0 Å². The van der Waals surface area contributed by atoms with Crippen molar-refractivity contribution in [3.8, 4) is 16.8 Å². The van der Waals surface area contributed by atoms with E-state index < -0.39 is 0 Å². The normalized spacial score (nSPS) is 25.5. The van der Waals surface area contributed by atoms with E-state index in [0.29, 0.717) is 0 Å². The van der Waals surface area contributed by atoms with Gasteiger partial charge in [-0.3, -0.25) is 0 Å². The molecule has 0 spiro atoms. The average molecular weight is 830 g/mol. The minimum atomic E-state index is -0.311. The van der Waals surface area contributed by atoms with Crippen molar-refractivity contribution >= 4 is 67.7 Å². The smallest absolute Gasteiger partial charge is 0.252 e. The number of hydrogen-bond acceptors (Lipinski definition) is 2. The zero-order chi connectivity index (χ0) is 43.3. The van der Waals surface area contributed by atoms with Crippen LogP contribution in [0.5, 0.6) is 0 Å². The van der Waals surface area contributed by atoms with Crippen molar-refractivity contribution < 1.29 is 0 Å². The summed E-state index contributed by atoms with van der Waals surface area (Å²) in [6.45, 7) is 17.8. The van der Waals surface area contributed by atoms with Gasteiger partial charge < -0.3 is 14.4 Å². The van der Waals surface area contributed by atoms with E-state index in [9.17, 15) is 0 Å². The Morgan fingerprint density at radius 2 is 1.30 bits per heavy atom. The lowest BCUT2D eigenvalue weighted by Crippen LogP contribution is -2.63. The van der Waals surface area contributed by atoms with Crippen molar-refractivity contribution in [1.29, 1.82) is 0 Å². The van der Waals surface area contributed by atoms with Crippen molar-refractivity contribution in [1.82, 2.24) is 4.57 Å². The zero-order valence-electron chi connectivity index (χ0n) is 38.4. The highest BCUT2D eigenvalue weighted by Gasteiger charge is 2.64. The van der Waals surface area contributed by atoms with Gasteiger partial charge in [-0.2, -0.15) is 0 Å². The second kappa shape index (κ2) is 12.0. The zero-order valence-corrected chi connectivity index (χ0v) is 38.4. The van der Waals surface area contributed by atoms with Gasteiger partial charge in [0.05, 0.1) is 16.6 Å². The van der Waals surface area contributed by atoms with Crippen LogP contribution >= 0.6 is 0 Å². The largest absolute Gasteiger partial charge is 0.334 e. The number of benzene rings is 7. The molecule has 4 aliphatic heterocycles. The second-order valence-electron chi connectivity index (χ2n) is 22.3. The first kappa shape index (κ1) is 37.4. The van der Waals surface area contributed by atoms with Crippen LogP contribution in [0.1, 0.15) is 108 Å². The van der Waals surface area contributed by atoms with E-state index in [2.05, 4.69) is 202 Å². The van der Waals surface area contributed by atoms with Gasteiger partial charge in [0.25, 0.3) is 6.71 Å². The van der Waals surface area contributed by atoms with Crippen LogP contribution in [-0.4, -0.2) is 16.8 Å². The van der Waals surface area contributed by atoms with E-state index in [1.165, 1.54) is 125 Å². The van der Waals surface area contributed by atoms with E-state index in [1.54, 1.807) is 0 Å². The van der Waals surface area contributed by atoms with Gasteiger partial charge in [0.2, 0.25) is 0 Å². The Morgan fingerprint density at radius 1 is 0.547 bits per heavy atom. The summed E-state index contributed by atoms with van der Waals surface area (Å²) >= 11 is 0. The quantitative estimate of drug-likeness (QED) is 0.161. The lowest BCUT2D eigenvalue weighted by Gasteiger charge is -2.53. The summed E-state index contributed by atoms with van der Waals surface area (Å²) in [7, 11) is 0. The Balaban J connectivity index is 1.13. The number of aryl methyl sites for hydroxylation is 1. The Bertz CT molecular complexity index is 3370. The molecule has 0 N–H and O–H groups in total. The molecule has 5 heterocycles. The van der Waals surface area contributed by atoms with Crippen LogP contribution in [-0.2, 0) is 28.2 Å². The van der Waals surface area contributed by atoms with Gasteiger partial charge in [0.15, 0.2) is 0 Å². The minimum absolute atomic E-state index is 0.00750. The summed E-state index contributed by atoms with van der Waals surface area (Å²) < 4.78 is 2.68. The van der Waals surface area contributed by atoms with Crippen molar-refractivity contribution in [2.24, 2.45) is 0 Å². The van der Waals surface area contributed by atoms with Crippen molar-refractivity contribution in [3.63, 3.8) is 0 Å². The third-order valence-electron chi connectivity index (χ3n) is 18.5. The molecule has 64 heavy (non-hydrogen) atoms. The van der Waals surface area contributed by atoms with Gasteiger partial charge >= 0.3 is 0 Å². The SMILES string of the molecule is CC(C)(C)c1cc2c3c(c1)C1(C)CCc4ccccc4C1(C)N3c1cc(N3c4ccc(-c5ccccc5)cc4C4(C)CCCCC34C)cc3c1B2c1cccc2c4ccccc4n-3c12. The molecule has 0 radical (unpaired) electrons. The lowest BCUT2D eigenvalue weighted by molar-refractivity contribution is 0.195. The molecule has 8 aromatic rings. The number of anilines is 4. The predicted molar refractivity (Wildman–Crippen MR) is 270 cm³/mol. The molecule has 1 saturated carbocycles. The Hall–Kier alpha value is -6.00. The molecular weight excluding hydrogens is 773 g/mol. The first-order valence-corrected chi connectivity index (χ1v) is 24.1. The van der Waals surface area contributed by atoms with Gasteiger partial charge in [0.1, 0.15) is 0 Å². The van der Waals surface area contributed by atoms with Crippen LogP contribution in [0.25, 0.3) is 38.6 Å². The fraction of sp³-hybridized carbons (Fsp3) is 0.300. The number of hydrogen-bond donors (Lipinski definition) is 0. The molecule has 4 unspecified atom stereocenters. The molecule has 14 rings (SSSR count). The standard InChI is InChI=1S/C60H56BN3/c1-56(2,3)40-33-46-55-48(34-40)61-47-24-17-22-43-42-21-12-14-25-49(42)62(54(43)47)51-35-41(36-52(53(51)61)64(55)60(7)44-23-13-11-20-38(44)28-31-58(46,60)5)63-50-27-26-39(37-18-9-8-10-19-37)32-45(50)57(4)29-15-16-30-59(57,63)6/h8-14,17-27,32-36H,15-16,28-31H2,1-7H3. The maximum Gasteiger partial charge on any atom is 0.252 e. The van der Waals surface area contributed by atoms with Crippen LogP contribution in [0.4, 0.5) is 22.7 Å². The molecule has 0 amide bonds. The summed E-state index contributed by atoms with van der Waals surface area (Å²) in [4.78, 5) is 5.76. The Labute approximate surface area is 378 Å². The Kier molecular flexibility index (Phi) is 7.02. The van der Waals surface area contributed by atoms with Crippen molar-refractivity contribution in [2.75, 3.05) is 9.80 Å². The van der Waals surface area contributed by atoms with Gasteiger partial charge in [0, 0.05) is 55.6 Å². The summed E-state index contributed by atoms with van der Waals surface area (Å²) in [6.07, 6.45) is 7.05. The summed E-state index contributed by atoms with van der Waals surface area (Å²) in [5.41, 5.74) is 23.4. The minimum Gasteiger partial charge on any atom is -0.334 e. The molecule has 2 aliphatic carbocycles. The number of para-hydroxylation sites is 2. The molecule has 1 fully saturated rings. The molecule has 0 bridgehead atoms. The van der Waals surface area contributed by atoms with Crippen LogP contribution in [0.15, 0.2) is 140 Å². The fourth-order valence-corrected chi connectivity index (χ4v) is 14.8. The van der Waals surface area contributed by atoms with E-state index in [1.807, 2.05) is 0 Å². The van der Waals surface area contributed by atoms with Crippen LogP contribution in [0.2, 0.25) is 0 Å². The summed E-state index contributed by atoms with van der Waals surface area (Å²) in [5.74, 6) is 0. The van der Waals surface area contributed by atoms with Crippen LogP contribution in [0.3, 0.4) is 0 Å². The van der Waals surface area contributed by atoms with Crippen molar-refractivity contribution in [2.45, 2.75) is 114 Å². The second-order valence-corrected chi connectivity index (χ2v) is 22.3. The van der Waals surface area contributed by atoms with Crippen LogP contribution < -0.4 is 26.2 Å². The average Bonchev–Trinajstić information content (AvgIpc) is 3.83. The molecule has 3 nitrogen and oxygen atoms in total. The fourth-order valence-electron chi connectivity index (χ4n) is 14.8. The number of fused-ring (bicyclic) bond motifs is 15. The van der Waals surface area contributed by atoms with Crippen LogP contribution in [0, 0.1) is 0 Å². The number of aromatic nitrogens is 1. The molecule has 0 saturated heterocycles. The van der Waals surface area contributed by atoms with E-state index >= 15 is 0 Å². The van der Waals surface area contributed by atoms with Gasteiger partial charge in [-0.25, -0.2) is 0 Å². The predicted octanol–water partition coefficient (Wildman–Crippen LogP) is 12.9. The van der Waals surface area contributed by atoms with E-state index in [0.717, 1.165) is 19.3 Å². The molecule has 4 atom stereocenters. The first-order chi connectivity index (χ1) is 30.9. The number of nitrogens with zero attached hydrogens (tertiary/aromatic N) is 3. The van der Waals surface area contributed by atoms with E-state index in [4.69, 9.17) is 0 Å². The molecule has 6 aliphatic rings. The van der Waals surface area contributed by atoms with Gasteiger partial charge in [-0.05, 0) is 131 Å².